The second-order valence-electron chi connectivity index (χ2n) is 4.52. The highest BCUT2D eigenvalue weighted by Crippen LogP contribution is 2.29. The minimum Gasteiger partial charge on any atom is -0.462 e. The van der Waals surface area contributed by atoms with Crippen molar-refractivity contribution in [2.45, 2.75) is 33.7 Å². The van der Waals surface area contributed by atoms with Crippen LogP contribution in [0.4, 0.5) is 5.69 Å². The summed E-state index contributed by atoms with van der Waals surface area (Å²) in [5, 5.41) is 0. The van der Waals surface area contributed by atoms with E-state index in [0.717, 1.165) is 15.7 Å². The Morgan fingerprint density at radius 1 is 1.44 bits per heavy atom. The molecule has 18 heavy (non-hydrogen) atoms. The number of nitrogens with zero attached hydrogens (tertiary/aromatic N) is 1. The standard InChI is InChI=1S/C14H20BrNO2/c1-6-18-14(17)12-7-11(15)8-13(10(12)4)16(5)9(2)3/h7-9H,6H2,1-5H3. The van der Waals surface area contributed by atoms with Gasteiger partial charge < -0.3 is 9.64 Å². The van der Waals surface area contributed by atoms with Crippen molar-refractivity contribution in [1.82, 2.24) is 0 Å². The van der Waals surface area contributed by atoms with E-state index >= 15 is 0 Å². The number of carbonyl (C=O) groups excluding carboxylic acids is 1. The molecule has 3 nitrogen and oxygen atoms in total. The molecule has 1 aromatic rings. The zero-order valence-corrected chi connectivity index (χ0v) is 13.2. The lowest BCUT2D eigenvalue weighted by Crippen LogP contribution is -2.27. The molecule has 0 amide bonds. The van der Waals surface area contributed by atoms with E-state index in [0.29, 0.717) is 18.2 Å². The minimum atomic E-state index is -0.269. The van der Waals surface area contributed by atoms with Gasteiger partial charge in [0.2, 0.25) is 0 Å². The molecule has 0 bridgehead atoms. The van der Waals surface area contributed by atoms with Crippen molar-refractivity contribution in [3.05, 3.63) is 27.7 Å². The zero-order valence-electron chi connectivity index (χ0n) is 11.6. The molecule has 0 aliphatic carbocycles. The SMILES string of the molecule is CCOC(=O)c1cc(Br)cc(N(C)C(C)C)c1C. The summed E-state index contributed by atoms with van der Waals surface area (Å²) >= 11 is 3.45. The first-order valence-corrected chi connectivity index (χ1v) is 6.87. The fourth-order valence-electron chi connectivity index (χ4n) is 1.73. The van der Waals surface area contributed by atoms with Crippen molar-refractivity contribution < 1.29 is 9.53 Å². The highest BCUT2D eigenvalue weighted by atomic mass is 79.9. The predicted molar refractivity (Wildman–Crippen MR) is 78.4 cm³/mol. The van der Waals surface area contributed by atoms with Gasteiger partial charge in [-0.15, -0.1) is 0 Å². The van der Waals surface area contributed by atoms with Crippen LogP contribution in [0.15, 0.2) is 16.6 Å². The van der Waals surface area contributed by atoms with Crippen LogP contribution < -0.4 is 4.90 Å². The zero-order chi connectivity index (χ0) is 13.9. The van der Waals surface area contributed by atoms with E-state index in [2.05, 4.69) is 34.7 Å². The lowest BCUT2D eigenvalue weighted by Gasteiger charge is -2.26. The van der Waals surface area contributed by atoms with Crippen LogP contribution in [0.1, 0.15) is 36.7 Å². The Balaban J connectivity index is 3.26. The van der Waals surface area contributed by atoms with Gasteiger partial charge in [-0.1, -0.05) is 15.9 Å². The smallest absolute Gasteiger partial charge is 0.338 e. The van der Waals surface area contributed by atoms with E-state index in [1.165, 1.54) is 0 Å². The van der Waals surface area contributed by atoms with Gasteiger partial charge in [0.25, 0.3) is 0 Å². The Labute approximate surface area is 117 Å². The predicted octanol–water partition coefficient (Wildman–Crippen LogP) is 3.78. The third-order valence-electron chi connectivity index (χ3n) is 2.99. The highest BCUT2D eigenvalue weighted by molar-refractivity contribution is 9.10. The Bertz CT molecular complexity index is 444. The van der Waals surface area contributed by atoms with Gasteiger partial charge in [-0.25, -0.2) is 4.79 Å². The lowest BCUT2D eigenvalue weighted by atomic mass is 10.1. The molecule has 0 radical (unpaired) electrons. The second kappa shape index (κ2) is 6.23. The van der Waals surface area contributed by atoms with E-state index in [1.807, 2.05) is 33.0 Å². The quantitative estimate of drug-likeness (QED) is 0.792. The van der Waals surface area contributed by atoms with Crippen molar-refractivity contribution >= 4 is 27.6 Å². The molecule has 0 heterocycles. The molecule has 0 fully saturated rings. The summed E-state index contributed by atoms with van der Waals surface area (Å²) < 4.78 is 5.97. The molecule has 0 atom stereocenters. The van der Waals surface area contributed by atoms with Crippen molar-refractivity contribution in [3.63, 3.8) is 0 Å². The Morgan fingerprint density at radius 2 is 2.06 bits per heavy atom. The van der Waals surface area contributed by atoms with Crippen LogP contribution in [0, 0.1) is 6.92 Å². The molecule has 0 saturated carbocycles. The number of halogens is 1. The lowest BCUT2D eigenvalue weighted by molar-refractivity contribution is 0.0525. The molecular formula is C14H20BrNO2. The maximum Gasteiger partial charge on any atom is 0.338 e. The Hall–Kier alpha value is -1.03. The van der Waals surface area contributed by atoms with Crippen molar-refractivity contribution in [2.24, 2.45) is 0 Å². The highest BCUT2D eigenvalue weighted by Gasteiger charge is 2.17. The van der Waals surface area contributed by atoms with Gasteiger partial charge in [-0.05, 0) is 45.4 Å². The molecule has 0 aliphatic heterocycles. The number of rotatable bonds is 4. The summed E-state index contributed by atoms with van der Waals surface area (Å²) in [7, 11) is 2.02. The molecular weight excluding hydrogens is 294 g/mol. The molecule has 0 unspecified atom stereocenters. The van der Waals surface area contributed by atoms with Crippen molar-refractivity contribution in [3.8, 4) is 0 Å². The number of benzene rings is 1. The first-order valence-electron chi connectivity index (χ1n) is 6.08. The summed E-state index contributed by atoms with van der Waals surface area (Å²) in [6.45, 7) is 8.38. The Morgan fingerprint density at radius 3 is 2.56 bits per heavy atom. The molecule has 1 aromatic carbocycles. The van der Waals surface area contributed by atoms with Gasteiger partial charge >= 0.3 is 5.97 Å². The van der Waals surface area contributed by atoms with Crippen LogP contribution in [0.5, 0.6) is 0 Å². The molecule has 1 rings (SSSR count). The monoisotopic (exact) mass is 313 g/mol. The topological polar surface area (TPSA) is 29.5 Å². The van der Waals surface area contributed by atoms with Gasteiger partial charge in [0.15, 0.2) is 0 Å². The first-order chi connectivity index (χ1) is 8.38. The maximum atomic E-state index is 11.9. The van der Waals surface area contributed by atoms with Gasteiger partial charge in [0, 0.05) is 23.2 Å². The summed E-state index contributed by atoms with van der Waals surface area (Å²) in [5.41, 5.74) is 2.61. The van der Waals surface area contributed by atoms with Crippen LogP contribution in [-0.4, -0.2) is 25.7 Å². The van der Waals surface area contributed by atoms with Gasteiger partial charge in [-0.2, -0.15) is 0 Å². The van der Waals surface area contributed by atoms with E-state index < -0.39 is 0 Å². The molecule has 100 valence electrons. The number of esters is 1. The fraction of sp³-hybridized carbons (Fsp3) is 0.500. The van der Waals surface area contributed by atoms with Gasteiger partial charge in [-0.3, -0.25) is 0 Å². The number of ether oxygens (including phenoxy) is 1. The molecule has 0 spiro atoms. The molecule has 0 aromatic heterocycles. The van der Waals surface area contributed by atoms with E-state index in [9.17, 15) is 4.79 Å². The van der Waals surface area contributed by atoms with Gasteiger partial charge in [0.1, 0.15) is 0 Å². The molecule has 0 N–H and O–H groups in total. The third-order valence-corrected chi connectivity index (χ3v) is 3.45. The van der Waals surface area contributed by atoms with Crippen molar-refractivity contribution in [1.29, 1.82) is 0 Å². The third kappa shape index (κ3) is 3.25. The van der Waals surface area contributed by atoms with Gasteiger partial charge in [0.05, 0.1) is 12.2 Å². The Kier molecular flexibility index (Phi) is 5.20. The van der Waals surface area contributed by atoms with Crippen molar-refractivity contribution in [2.75, 3.05) is 18.6 Å². The normalized spacial score (nSPS) is 10.6. The number of hydrogen-bond acceptors (Lipinski definition) is 3. The van der Waals surface area contributed by atoms with E-state index in [4.69, 9.17) is 4.74 Å². The summed E-state index contributed by atoms with van der Waals surface area (Å²) in [4.78, 5) is 14.0. The summed E-state index contributed by atoms with van der Waals surface area (Å²) in [6, 6.07) is 4.20. The average molecular weight is 314 g/mol. The molecule has 4 heteroatoms. The first kappa shape index (κ1) is 15.0. The summed E-state index contributed by atoms with van der Waals surface area (Å²) in [5.74, 6) is -0.269. The van der Waals surface area contributed by atoms with Crippen LogP contribution in [-0.2, 0) is 4.74 Å². The minimum absolute atomic E-state index is 0.269. The van der Waals surface area contributed by atoms with Crippen LogP contribution in [0.2, 0.25) is 0 Å². The van der Waals surface area contributed by atoms with E-state index in [1.54, 1.807) is 0 Å². The molecule has 0 aliphatic rings. The van der Waals surface area contributed by atoms with E-state index in [-0.39, 0.29) is 5.97 Å². The number of anilines is 1. The molecule has 0 saturated heterocycles. The fourth-order valence-corrected chi connectivity index (χ4v) is 2.18. The average Bonchev–Trinajstić information content (AvgIpc) is 2.30. The van der Waals surface area contributed by atoms with Crippen LogP contribution >= 0.6 is 15.9 Å². The maximum absolute atomic E-state index is 11.9. The van der Waals surface area contributed by atoms with Crippen LogP contribution in [0.25, 0.3) is 0 Å². The number of hydrogen-bond donors (Lipinski definition) is 0. The largest absolute Gasteiger partial charge is 0.462 e. The van der Waals surface area contributed by atoms with Crippen LogP contribution in [0.3, 0.4) is 0 Å². The second-order valence-corrected chi connectivity index (χ2v) is 5.44. The summed E-state index contributed by atoms with van der Waals surface area (Å²) in [6.07, 6.45) is 0. The number of carbonyl (C=O) groups is 1.